The standard InChI is InChI=1S/C25H51BrO10/c1-3-25(2)24-36-23-22-35-21-20-34-19-18-33-17-16-32-15-14-31-13-12-30-11-10-29-9-8-28-7-6-27-5-4-26/h25H,3-24H2,1-2H3. The van der Waals surface area contributed by atoms with Crippen LogP contribution in [0, 0.1) is 5.92 Å². The molecule has 1 atom stereocenters. The zero-order valence-corrected chi connectivity index (χ0v) is 24.2. The van der Waals surface area contributed by atoms with Crippen LogP contribution in [0.25, 0.3) is 0 Å². The number of hydrogen-bond donors (Lipinski definition) is 0. The molecule has 0 heterocycles. The number of rotatable bonds is 32. The van der Waals surface area contributed by atoms with E-state index in [0.717, 1.165) is 18.4 Å². The summed E-state index contributed by atoms with van der Waals surface area (Å²) in [6.07, 6.45) is 1.14. The molecule has 0 fully saturated rings. The first-order valence-electron chi connectivity index (χ1n) is 13.1. The lowest BCUT2D eigenvalue weighted by Gasteiger charge is -2.10. The average Bonchev–Trinajstić information content (AvgIpc) is 2.89. The highest BCUT2D eigenvalue weighted by Crippen LogP contribution is 2.00. The Balaban J connectivity index is 3.02. The van der Waals surface area contributed by atoms with Gasteiger partial charge in [0.15, 0.2) is 0 Å². The van der Waals surface area contributed by atoms with Crippen LogP contribution < -0.4 is 0 Å². The van der Waals surface area contributed by atoms with E-state index in [0.29, 0.717) is 131 Å². The monoisotopic (exact) mass is 590 g/mol. The van der Waals surface area contributed by atoms with E-state index < -0.39 is 0 Å². The third kappa shape index (κ3) is 32.1. The highest BCUT2D eigenvalue weighted by Gasteiger charge is 1.98. The third-order valence-corrected chi connectivity index (χ3v) is 4.99. The van der Waals surface area contributed by atoms with Crippen molar-refractivity contribution in [1.82, 2.24) is 0 Å². The van der Waals surface area contributed by atoms with Crippen LogP contribution >= 0.6 is 15.9 Å². The van der Waals surface area contributed by atoms with Crippen LogP contribution in [0.2, 0.25) is 0 Å². The Kier molecular flexibility index (Phi) is 33.2. The molecule has 10 nitrogen and oxygen atoms in total. The summed E-state index contributed by atoms with van der Waals surface area (Å²) in [5.41, 5.74) is 0. The number of halogens is 1. The molecule has 0 saturated carbocycles. The third-order valence-electron chi connectivity index (χ3n) is 4.67. The highest BCUT2D eigenvalue weighted by molar-refractivity contribution is 9.09. The Labute approximate surface area is 227 Å². The summed E-state index contributed by atoms with van der Waals surface area (Å²) < 4.78 is 54.3. The van der Waals surface area contributed by atoms with Gasteiger partial charge < -0.3 is 47.4 Å². The Morgan fingerprint density at radius 1 is 0.389 bits per heavy atom. The van der Waals surface area contributed by atoms with Gasteiger partial charge in [0.05, 0.1) is 126 Å². The zero-order chi connectivity index (χ0) is 26.2. The van der Waals surface area contributed by atoms with Crippen LogP contribution in [0.5, 0.6) is 0 Å². The van der Waals surface area contributed by atoms with Gasteiger partial charge in [-0.25, -0.2) is 0 Å². The summed E-state index contributed by atoms with van der Waals surface area (Å²) in [6, 6.07) is 0. The molecule has 0 bridgehead atoms. The first-order valence-corrected chi connectivity index (χ1v) is 14.3. The molecule has 0 aromatic heterocycles. The van der Waals surface area contributed by atoms with Gasteiger partial charge in [-0.2, -0.15) is 0 Å². The van der Waals surface area contributed by atoms with Crippen LogP contribution in [0.1, 0.15) is 20.3 Å². The Hall–Kier alpha value is 0.0800. The Morgan fingerprint density at radius 3 is 0.833 bits per heavy atom. The molecule has 0 aromatic carbocycles. The van der Waals surface area contributed by atoms with Gasteiger partial charge >= 0.3 is 0 Å². The van der Waals surface area contributed by atoms with E-state index >= 15 is 0 Å². The number of ether oxygens (including phenoxy) is 10. The van der Waals surface area contributed by atoms with Crippen molar-refractivity contribution in [2.75, 3.05) is 137 Å². The second-order valence-corrected chi connectivity index (χ2v) is 8.58. The number of hydrogen-bond acceptors (Lipinski definition) is 10. The summed E-state index contributed by atoms with van der Waals surface area (Å²) >= 11 is 3.30. The highest BCUT2D eigenvalue weighted by atomic mass is 79.9. The van der Waals surface area contributed by atoms with E-state index in [2.05, 4.69) is 29.8 Å². The Bertz CT molecular complexity index is 396. The SMILES string of the molecule is CCC(C)COCCOCCOCCOCCOCCOCCOCCOCCOCCOCCBr. The van der Waals surface area contributed by atoms with E-state index in [-0.39, 0.29) is 0 Å². The lowest BCUT2D eigenvalue weighted by Crippen LogP contribution is -2.15. The fourth-order valence-corrected chi connectivity index (χ4v) is 2.67. The average molecular weight is 592 g/mol. The fourth-order valence-electron chi connectivity index (χ4n) is 2.44. The minimum Gasteiger partial charge on any atom is -0.379 e. The lowest BCUT2D eigenvalue weighted by atomic mass is 10.1. The van der Waals surface area contributed by atoms with Crippen LogP contribution in [0.3, 0.4) is 0 Å². The molecule has 0 aliphatic carbocycles. The van der Waals surface area contributed by atoms with Gasteiger partial charge in [-0.05, 0) is 5.92 Å². The molecule has 0 aliphatic heterocycles. The molecule has 1 unspecified atom stereocenters. The van der Waals surface area contributed by atoms with Crippen molar-refractivity contribution >= 4 is 15.9 Å². The van der Waals surface area contributed by atoms with Crippen molar-refractivity contribution in [3.63, 3.8) is 0 Å². The molecule has 0 N–H and O–H groups in total. The van der Waals surface area contributed by atoms with Gasteiger partial charge in [0.1, 0.15) is 0 Å². The first-order chi connectivity index (χ1) is 17.8. The predicted octanol–water partition coefficient (Wildman–Crippen LogP) is 2.59. The van der Waals surface area contributed by atoms with Crippen LogP contribution in [0.4, 0.5) is 0 Å². The van der Waals surface area contributed by atoms with Crippen LogP contribution in [-0.4, -0.2) is 137 Å². The molecule has 0 saturated heterocycles. The van der Waals surface area contributed by atoms with Gasteiger partial charge in [-0.15, -0.1) is 0 Å². The maximum absolute atomic E-state index is 5.52. The van der Waals surface area contributed by atoms with Crippen LogP contribution in [-0.2, 0) is 47.4 Å². The molecule has 0 spiro atoms. The first kappa shape index (κ1) is 36.1. The van der Waals surface area contributed by atoms with Crippen molar-refractivity contribution in [3.8, 4) is 0 Å². The maximum Gasteiger partial charge on any atom is 0.0701 e. The van der Waals surface area contributed by atoms with Crippen molar-refractivity contribution in [2.45, 2.75) is 20.3 Å². The molecule has 0 rings (SSSR count). The summed E-state index contributed by atoms with van der Waals surface area (Å²) in [5, 5.41) is 0.842. The normalized spacial score (nSPS) is 12.4. The minimum absolute atomic E-state index is 0.530. The maximum atomic E-state index is 5.52. The smallest absolute Gasteiger partial charge is 0.0701 e. The second-order valence-electron chi connectivity index (χ2n) is 7.79. The Morgan fingerprint density at radius 2 is 0.611 bits per heavy atom. The lowest BCUT2D eigenvalue weighted by molar-refractivity contribution is -0.0266. The van der Waals surface area contributed by atoms with E-state index in [1.165, 1.54) is 0 Å². The van der Waals surface area contributed by atoms with Gasteiger partial charge in [-0.1, -0.05) is 36.2 Å². The number of alkyl halides is 1. The second kappa shape index (κ2) is 33.1. The molecule has 11 heteroatoms. The van der Waals surface area contributed by atoms with Gasteiger partial charge in [0, 0.05) is 11.9 Å². The molecular formula is C25H51BrO10. The topological polar surface area (TPSA) is 92.3 Å². The van der Waals surface area contributed by atoms with Crippen LogP contribution in [0.15, 0.2) is 0 Å². The molecule has 0 radical (unpaired) electrons. The fraction of sp³-hybridized carbons (Fsp3) is 1.00. The molecule has 0 amide bonds. The predicted molar refractivity (Wildman–Crippen MR) is 141 cm³/mol. The minimum atomic E-state index is 0.530. The van der Waals surface area contributed by atoms with E-state index in [1.54, 1.807) is 0 Å². The van der Waals surface area contributed by atoms with Crippen molar-refractivity contribution in [2.24, 2.45) is 5.92 Å². The largest absolute Gasteiger partial charge is 0.379 e. The van der Waals surface area contributed by atoms with Crippen molar-refractivity contribution in [1.29, 1.82) is 0 Å². The quantitative estimate of drug-likeness (QED) is 0.0859. The molecule has 0 aliphatic rings. The van der Waals surface area contributed by atoms with E-state index in [4.69, 9.17) is 47.4 Å². The van der Waals surface area contributed by atoms with Gasteiger partial charge in [-0.3, -0.25) is 0 Å². The molecule has 0 aromatic rings. The molecule has 218 valence electrons. The van der Waals surface area contributed by atoms with E-state index in [1.807, 2.05) is 0 Å². The summed E-state index contributed by atoms with van der Waals surface area (Å²) in [6.45, 7) is 15.9. The molecule has 36 heavy (non-hydrogen) atoms. The zero-order valence-electron chi connectivity index (χ0n) is 22.6. The summed E-state index contributed by atoms with van der Waals surface area (Å²) in [4.78, 5) is 0. The van der Waals surface area contributed by atoms with Crippen molar-refractivity contribution < 1.29 is 47.4 Å². The van der Waals surface area contributed by atoms with E-state index in [9.17, 15) is 0 Å². The van der Waals surface area contributed by atoms with Gasteiger partial charge in [0.25, 0.3) is 0 Å². The van der Waals surface area contributed by atoms with Crippen molar-refractivity contribution in [3.05, 3.63) is 0 Å². The summed E-state index contributed by atoms with van der Waals surface area (Å²) in [5.74, 6) is 0.603. The van der Waals surface area contributed by atoms with Gasteiger partial charge in [0.2, 0.25) is 0 Å². The summed E-state index contributed by atoms with van der Waals surface area (Å²) in [7, 11) is 0. The molecular weight excluding hydrogens is 540 g/mol.